The summed E-state index contributed by atoms with van der Waals surface area (Å²) in [7, 11) is 2.14. The molecule has 0 radical (unpaired) electrons. The summed E-state index contributed by atoms with van der Waals surface area (Å²) in [6, 6.07) is 0. The number of piperidine rings is 1. The normalized spacial score (nSPS) is 30.7. The summed E-state index contributed by atoms with van der Waals surface area (Å²) >= 11 is 0. The van der Waals surface area contributed by atoms with Crippen molar-refractivity contribution in [2.45, 2.75) is 32.1 Å². The van der Waals surface area contributed by atoms with E-state index < -0.39 is 0 Å². The fourth-order valence-corrected chi connectivity index (χ4v) is 3.14. The van der Waals surface area contributed by atoms with E-state index >= 15 is 0 Å². The molecular formula is C11H21N3O. The zero-order valence-corrected chi connectivity index (χ0v) is 9.46. The van der Waals surface area contributed by atoms with Crippen molar-refractivity contribution in [2.24, 2.45) is 17.2 Å². The number of likely N-dealkylation sites (tertiary alicyclic amines) is 1. The first kappa shape index (κ1) is 10.9. The maximum atomic E-state index is 11.9. The van der Waals surface area contributed by atoms with E-state index in [1.165, 1.54) is 19.3 Å². The molecule has 1 aliphatic heterocycles. The van der Waals surface area contributed by atoms with E-state index in [0.717, 1.165) is 25.9 Å². The lowest BCUT2D eigenvalue weighted by Gasteiger charge is -2.48. The number of amides is 1. The van der Waals surface area contributed by atoms with Crippen LogP contribution < -0.4 is 11.3 Å². The summed E-state index contributed by atoms with van der Waals surface area (Å²) in [5.74, 6) is 5.87. The molecule has 1 amide bonds. The van der Waals surface area contributed by atoms with Gasteiger partial charge in [0.1, 0.15) is 0 Å². The first-order chi connectivity index (χ1) is 7.19. The molecule has 0 spiro atoms. The molecule has 0 aromatic rings. The summed E-state index contributed by atoms with van der Waals surface area (Å²) in [5, 5.41) is 0. The van der Waals surface area contributed by atoms with Crippen LogP contribution in [0.1, 0.15) is 32.1 Å². The van der Waals surface area contributed by atoms with Gasteiger partial charge in [-0.15, -0.1) is 0 Å². The Morgan fingerprint density at radius 1 is 1.47 bits per heavy atom. The Labute approximate surface area is 91.2 Å². The summed E-state index contributed by atoms with van der Waals surface area (Å²) in [5.41, 5.74) is 2.23. The van der Waals surface area contributed by atoms with Crippen molar-refractivity contribution in [3.8, 4) is 0 Å². The highest BCUT2D eigenvalue weighted by Crippen LogP contribution is 2.49. The molecule has 1 heterocycles. The molecule has 4 heteroatoms. The summed E-state index contributed by atoms with van der Waals surface area (Å²) in [6.07, 6.45) is 5.61. The Morgan fingerprint density at radius 2 is 2.20 bits per heavy atom. The quantitative estimate of drug-likeness (QED) is 0.397. The second-order valence-electron chi connectivity index (χ2n) is 5.08. The van der Waals surface area contributed by atoms with E-state index in [4.69, 9.17) is 5.84 Å². The molecule has 1 saturated heterocycles. The highest BCUT2D eigenvalue weighted by atomic mass is 16.2. The molecule has 1 saturated carbocycles. The molecule has 15 heavy (non-hydrogen) atoms. The van der Waals surface area contributed by atoms with Crippen LogP contribution in [0.4, 0.5) is 0 Å². The molecule has 1 atom stereocenters. The van der Waals surface area contributed by atoms with Crippen molar-refractivity contribution < 1.29 is 4.79 Å². The van der Waals surface area contributed by atoms with E-state index in [-0.39, 0.29) is 11.3 Å². The van der Waals surface area contributed by atoms with Crippen LogP contribution in [-0.4, -0.2) is 30.9 Å². The van der Waals surface area contributed by atoms with E-state index in [0.29, 0.717) is 5.92 Å². The van der Waals surface area contributed by atoms with Crippen LogP contribution in [0.3, 0.4) is 0 Å². The maximum absolute atomic E-state index is 11.9. The minimum Gasteiger partial charge on any atom is -0.306 e. The van der Waals surface area contributed by atoms with Crippen LogP contribution in [0, 0.1) is 11.3 Å². The zero-order chi connectivity index (χ0) is 10.9. The monoisotopic (exact) mass is 211 g/mol. The van der Waals surface area contributed by atoms with Crippen LogP contribution in [0.15, 0.2) is 0 Å². The number of nitrogens with two attached hydrogens (primary N) is 1. The van der Waals surface area contributed by atoms with Crippen molar-refractivity contribution in [2.75, 3.05) is 20.1 Å². The average molecular weight is 211 g/mol. The highest BCUT2D eigenvalue weighted by molar-refractivity contribution is 5.83. The van der Waals surface area contributed by atoms with Crippen molar-refractivity contribution in [3.05, 3.63) is 0 Å². The smallest absolute Gasteiger partial charge is 0.240 e. The van der Waals surface area contributed by atoms with Crippen LogP contribution in [0.2, 0.25) is 0 Å². The minimum atomic E-state index is -0.135. The molecule has 86 valence electrons. The molecule has 4 nitrogen and oxygen atoms in total. The number of rotatable bonds is 2. The number of hydrogen-bond acceptors (Lipinski definition) is 3. The van der Waals surface area contributed by atoms with Crippen LogP contribution in [0.25, 0.3) is 0 Å². The van der Waals surface area contributed by atoms with Crippen LogP contribution in [0.5, 0.6) is 0 Å². The molecule has 0 bridgehead atoms. The maximum Gasteiger partial charge on any atom is 0.240 e. The fraction of sp³-hybridized carbons (Fsp3) is 0.909. The lowest BCUT2D eigenvalue weighted by molar-refractivity contribution is -0.143. The predicted octanol–water partition coefficient (Wildman–Crippen LogP) is 0.488. The van der Waals surface area contributed by atoms with E-state index in [1.807, 2.05) is 0 Å². The average Bonchev–Trinajstić information content (AvgIpc) is 2.16. The number of carbonyl (C=O) groups is 1. The second-order valence-corrected chi connectivity index (χ2v) is 5.08. The minimum absolute atomic E-state index is 0.0639. The van der Waals surface area contributed by atoms with Crippen molar-refractivity contribution in [3.63, 3.8) is 0 Å². The molecule has 0 aromatic heterocycles. The number of nitrogens with one attached hydrogen (secondary N) is 1. The van der Waals surface area contributed by atoms with Gasteiger partial charge in [0.05, 0.1) is 5.41 Å². The van der Waals surface area contributed by atoms with Crippen molar-refractivity contribution in [1.82, 2.24) is 10.3 Å². The summed E-state index contributed by atoms with van der Waals surface area (Å²) in [6.45, 7) is 2.21. The van der Waals surface area contributed by atoms with Gasteiger partial charge in [-0.05, 0) is 45.2 Å². The van der Waals surface area contributed by atoms with Gasteiger partial charge < -0.3 is 4.90 Å². The second kappa shape index (κ2) is 4.10. The Bertz CT molecular complexity index is 250. The fourth-order valence-electron chi connectivity index (χ4n) is 3.14. The zero-order valence-electron chi connectivity index (χ0n) is 9.46. The summed E-state index contributed by atoms with van der Waals surface area (Å²) < 4.78 is 0. The molecule has 2 aliphatic rings. The van der Waals surface area contributed by atoms with Gasteiger partial charge in [-0.2, -0.15) is 0 Å². The predicted molar refractivity (Wildman–Crippen MR) is 58.8 cm³/mol. The Morgan fingerprint density at radius 3 is 2.67 bits per heavy atom. The van der Waals surface area contributed by atoms with E-state index in [9.17, 15) is 4.79 Å². The Hall–Kier alpha value is -0.610. The molecular weight excluding hydrogens is 190 g/mol. The number of carbonyl (C=O) groups excluding carboxylic acids is 1. The van der Waals surface area contributed by atoms with E-state index in [2.05, 4.69) is 17.4 Å². The summed E-state index contributed by atoms with van der Waals surface area (Å²) in [4.78, 5) is 14.2. The van der Waals surface area contributed by atoms with Gasteiger partial charge in [0, 0.05) is 6.54 Å². The van der Waals surface area contributed by atoms with Crippen LogP contribution in [-0.2, 0) is 4.79 Å². The van der Waals surface area contributed by atoms with Gasteiger partial charge in [-0.1, -0.05) is 6.42 Å². The Kier molecular flexibility index (Phi) is 2.98. The number of hydrogen-bond donors (Lipinski definition) is 2. The third-order valence-electron chi connectivity index (χ3n) is 4.24. The number of hydrazine groups is 1. The first-order valence-electron chi connectivity index (χ1n) is 5.88. The molecule has 0 aromatic carbocycles. The van der Waals surface area contributed by atoms with Gasteiger partial charge >= 0.3 is 0 Å². The van der Waals surface area contributed by atoms with Gasteiger partial charge in [0.2, 0.25) is 5.91 Å². The standard InChI is InChI=1S/C11H21N3O/c1-14-7-2-4-9(8-14)11(5-3-6-11)10(15)13-12/h9H,2-8,12H2,1H3,(H,13,15). The van der Waals surface area contributed by atoms with Gasteiger partial charge in [0.15, 0.2) is 0 Å². The lowest BCUT2D eigenvalue weighted by Crippen LogP contribution is -2.55. The van der Waals surface area contributed by atoms with Gasteiger partial charge in [-0.25, -0.2) is 5.84 Å². The number of nitrogens with zero attached hydrogens (tertiary/aromatic N) is 1. The molecule has 2 fully saturated rings. The third-order valence-corrected chi connectivity index (χ3v) is 4.24. The van der Waals surface area contributed by atoms with Gasteiger partial charge in [0.25, 0.3) is 0 Å². The Balaban J connectivity index is 2.08. The van der Waals surface area contributed by atoms with Crippen molar-refractivity contribution in [1.29, 1.82) is 0 Å². The highest BCUT2D eigenvalue weighted by Gasteiger charge is 2.50. The van der Waals surface area contributed by atoms with Crippen molar-refractivity contribution >= 4 is 5.91 Å². The van der Waals surface area contributed by atoms with Crippen LogP contribution >= 0.6 is 0 Å². The molecule has 2 rings (SSSR count). The molecule has 1 unspecified atom stereocenters. The SMILES string of the molecule is CN1CCCC(C2(C(=O)NN)CCC2)C1. The third kappa shape index (κ3) is 1.76. The first-order valence-corrected chi connectivity index (χ1v) is 5.88. The topological polar surface area (TPSA) is 58.4 Å². The lowest BCUT2D eigenvalue weighted by atomic mass is 9.58. The molecule has 3 N–H and O–H groups in total. The van der Waals surface area contributed by atoms with E-state index in [1.54, 1.807) is 0 Å². The largest absolute Gasteiger partial charge is 0.306 e. The van der Waals surface area contributed by atoms with Gasteiger partial charge in [-0.3, -0.25) is 10.2 Å². The molecule has 1 aliphatic carbocycles.